The number of aryl methyl sites for hydroxylation is 1. The molecule has 2 aromatic rings. The van der Waals surface area contributed by atoms with Crippen LogP contribution in [0.5, 0.6) is 0 Å². The van der Waals surface area contributed by atoms with Gasteiger partial charge in [-0.3, -0.25) is 9.78 Å². The summed E-state index contributed by atoms with van der Waals surface area (Å²) in [6.07, 6.45) is 3.47. The van der Waals surface area contributed by atoms with Crippen molar-refractivity contribution in [1.29, 1.82) is 0 Å². The van der Waals surface area contributed by atoms with Gasteiger partial charge in [-0.1, -0.05) is 0 Å². The lowest BCUT2D eigenvalue weighted by molar-refractivity contribution is 0.0777. The highest BCUT2D eigenvalue weighted by Crippen LogP contribution is 2.28. The van der Waals surface area contributed by atoms with Crippen LogP contribution in [-0.4, -0.2) is 33.9 Å². The molecule has 0 saturated heterocycles. The number of amides is 1. The molecule has 0 aliphatic carbocycles. The molecule has 4 nitrogen and oxygen atoms in total. The van der Waals surface area contributed by atoms with Crippen LogP contribution in [0.4, 0.5) is 0 Å². The standard InChI is InChI=1S/C14H17N3OS/c1-4-17(5-2)14(18)12-10(3)16-13(19-12)11-6-8-15-9-7-11/h6-9H,4-5H2,1-3H3. The molecule has 2 aromatic heterocycles. The number of carbonyl (C=O) groups excluding carboxylic acids is 1. The summed E-state index contributed by atoms with van der Waals surface area (Å²) in [6.45, 7) is 7.30. The molecule has 0 spiro atoms. The van der Waals surface area contributed by atoms with Crippen molar-refractivity contribution in [1.82, 2.24) is 14.9 Å². The van der Waals surface area contributed by atoms with Crippen LogP contribution in [0.25, 0.3) is 10.6 Å². The minimum Gasteiger partial charge on any atom is -0.338 e. The number of nitrogens with zero attached hydrogens (tertiary/aromatic N) is 3. The van der Waals surface area contributed by atoms with Crippen LogP contribution in [0.3, 0.4) is 0 Å². The molecule has 1 amide bonds. The lowest BCUT2D eigenvalue weighted by Gasteiger charge is -2.17. The zero-order valence-electron chi connectivity index (χ0n) is 11.4. The summed E-state index contributed by atoms with van der Waals surface area (Å²) >= 11 is 1.45. The van der Waals surface area contributed by atoms with Crippen LogP contribution in [-0.2, 0) is 0 Å². The molecule has 0 bridgehead atoms. The Balaban J connectivity index is 2.34. The third-order valence-electron chi connectivity index (χ3n) is 2.97. The Morgan fingerprint density at radius 3 is 2.47 bits per heavy atom. The highest BCUT2D eigenvalue weighted by Gasteiger charge is 2.19. The van der Waals surface area contributed by atoms with Gasteiger partial charge in [0.1, 0.15) is 9.88 Å². The Labute approximate surface area is 117 Å². The zero-order chi connectivity index (χ0) is 13.8. The van der Waals surface area contributed by atoms with Gasteiger partial charge in [0, 0.05) is 31.0 Å². The van der Waals surface area contributed by atoms with Crippen LogP contribution in [0.15, 0.2) is 24.5 Å². The van der Waals surface area contributed by atoms with Gasteiger partial charge in [-0.15, -0.1) is 11.3 Å². The zero-order valence-corrected chi connectivity index (χ0v) is 12.2. The first kappa shape index (κ1) is 13.7. The largest absolute Gasteiger partial charge is 0.338 e. The summed E-state index contributed by atoms with van der Waals surface area (Å²) in [5.41, 5.74) is 1.80. The van der Waals surface area contributed by atoms with E-state index >= 15 is 0 Å². The van der Waals surface area contributed by atoms with Crippen molar-refractivity contribution in [2.24, 2.45) is 0 Å². The lowest BCUT2D eigenvalue weighted by Crippen LogP contribution is -2.30. The number of carbonyl (C=O) groups is 1. The Morgan fingerprint density at radius 1 is 1.26 bits per heavy atom. The van der Waals surface area contributed by atoms with Gasteiger partial charge in [0.2, 0.25) is 0 Å². The smallest absolute Gasteiger partial charge is 0.265 e. The van der Waals surface area contributed by atoms with E-state index in [0.717, 1.165) is 34.2 Å². The van der Waals surface area contributed by atoms with Crippen molar-refractivity contribution in [2.75, 3.05) is 13.1 Å². The van der Waals surface area contributed by atoms with Crippen molar-refractivity contribution in [2.45, 2.75) is 20.8 Å². The molecule has 5 heteroatoms. The van der Waals surface area contributed by atoms with E-state index in [4.69, 9.17) is 0 Å². The van der Waals surface area contributed by atoms with Crippen molar-refractivity contribution < 1.29 is 4.79 Å². The first-order valence-electron chi connectivity index (χ1n) is 6.34. The van der Waals surface area contributed by atoms with E-state index in [-0.39, 0.29) is 5.91 Å². The average Bonchev–Trinajstić information content (AvgIpc) is 2.83. The number of hydrogen-bond donors (Lipinski definition) is 0. The summed E-state index contributed by atoms with van der Waals surface area (Å²) in [5, 5.41) is 0.871. The molecule has 0 aromatic carbocycles. The minimum absolute atomic E-state index is 0.0697. The van der Waals surface area contributed by atoms with Gasteiger partial charge in [-0.2, -0.15) is 0 Å². The van der Waals surface area contributed by atoms with E-state index in [2.05, 4.69) is 9.97 Å². The van der Waals surface area contributed by atoms with Crippen molar-refractivity contribution in [3.8, 4) is 10.6 Å². The monoisotopic (exact) mass is 275 g/mol. The van der Waals surface area contributed by atoms with Crippen molar-refractivity contribution in [3.63, 3.8) is 0 Å². The molecular formula is C14H17N3OS. The summed E-state index contributed by atoms with van der Waals surface area (Å²) in [6, 6.07) is 3.81. The van der Waals surface area contributed by atoms with Gasteiger partial charge in [0.05, 0.1) is 5.69 Å². The second-order valence-electron chi connectivity index (χ2n) is 4.15. The molecule has 0 aliphatic heterocycles. The third-order valence-corrected chi connectivity index (χ3v) is 4.16. The normalized spacial score (nSPS) is 10.5. The van der Waals surface area contributed by atoms with E-state index < -0.39 is 0 Å². The van der Waals surface area contributed by atoms with Gasteiger partial charge in [0.25, 0.3) is 5.91 Å². The van der Waals surface area contributed by atoms with Crippen LogP contribution in [0, 0.1) is 6.92 Å². The molecule has 100 valence electrons. The van der Waals surface area contributed by atoms with Gasteiger partial charge in [0.15, 0.2) is 0 Å². The Morgan fingerprint density at radius 2 is 1.89 bits per heavy atom. The molecule has 2 heterocycles. The first-order chi connectivity index (χ1) is 9.17. The summed E-state index contributed by atoms with van der Waals surface area (Å²) in [4.78, 5) is 23.4. The molecule has 0 N–H and O–H groups in total. The molecule has 0 fully saturated rings. The van der Waals surface area contributed by atoms with Crippen LogP contribution in [0.1, 0.15) is 29.2 Å². The Kier molecular flexibility index (Phi) is 4.27. The summed E-state index contributed by atoms with van der Waals surface area (Å²) in [5.74, 6) is 0.0697. The molecule has 0 unspecified atom stereocenters. The molecule has 0 aliphatic rings. The van der Waals surface area contributed by atoms with Crippen molar-refractivity contribution in [3.05, 3.63) is 35.1 Å². The van der Waals surface area contributed by atoms with Gasteiger partial charge in [-0.05, 0) is 32.9 Å². The number of rotatable bonds is 4. The maximum Gasteiger partial charge on any atom is 0.265 e. The van der Waals surface area contributed by atoms with E-state index in [1.54, 1.807) is 12.4 Å². The maximum absolute atomic E-state index is 12.4. The molecule has 0 atom stereocenters. The number of aromatic nitrogens is 2. The summed E-state index contributed by atoms with van der Waals surface area (Å²) < 4.78 is 0. The number of thiazole rings is 1. The average molecular weight is 275 g/mol. The predicted octanol–water partition coefficient (Wildman–Crippen LogP) is 3.00. The van der Waals surface area contributed by atoms with Crippen LogP contribution >= 0.6 is 11.3 Å². The third kappa shape index (κ3) is 2.81. The fourth-order valence-electron chi connectivity index (χ4n) is 1.87. The quantitative estimate of drug-likeness (QED) is 0.861. The lowest BCUT2D eigenvalue weighted by atomic mass is 10.3. The highest BCUT2D eigenvalue weighted by molar-refractivity contribution is 7.17. The minimum atomic E-state index is 0.0697. The first-order valence-corrected chi connectivity index (χ1v) is 7.16. The molecule has 19 heavy (non-hydrogen) atoms. The second kappa shape index (κ2) is 5.93. The van der Waals surface area contributed by atoms with Gasteiger partial charge in [-0.25, -0.2) is 4.98 Å². The molecule has 2 rings (SSSR count). The van der Waals surface area contributed by atoms with Crippen molar-refractivity contribution >= 4 is 17.2 Å². The van der Waals surface area contributed by atoms with E-state index in [1.165, 1.54) is 11.3 Å². The van der Waals surface area contributed by atoms with Crippen LogP contribution < -0.4 is 0 Å². The molecule has 0 saturated carbocycles. The van der Waals surface area contributed by atoms with Gasteiger partial charge < -0.3 is 4.90 Å². The van der Waals surface area contributed by atoms with Gasteiger partial charge >= 0.3 is 0 Å². The Bertz CT molecular complexity index is 561. The fraction of sp³-hybridized carbons (Fsp3) is 0.357. The maximum atomic E-state index is 12.4. The molecular weight excluding hydrogens is 258 g/mol. The molecule has 0 radical (unpaired) electrons. The van der Waals surface area contributed by atoms with E-state index in [1.807, 2.05) is 37.8 Å². The Hall–Kier alpha value is -1.75. The van der Waals surface area contributed by atoms with Crippen LogP contribution in [0.2, 0.25) is 0 Å². The highest BCUT2D eigenvalue weighted by atomic mass is 32.1. The van der Waals surface area contributed by atoms with E-state index in [9.17, 15) is 4.79 Å². The number of pyridine rings is 1. The fourth-order valence-corrected chi connectivity index (χ4v) is 2.91. The second-order valence-corrected chi connectivity index (χ2v) is 5.15. The topological polar surface area (TPSA) is 46.1 Å². The number of hydrogen-bond acceptors (Lipinski definition) is 4. The van der Waals surface area contributed by atoms with E-state index in [0.29, 0.717) is 0 Å². The predicted molar refractivity (Wildman–Crippen MR) is 77.3 cm³/mol. The summed E-state index contributed by atoms with van der Waals surface area (Å²) in [7, 11) is 0. The SMILES string of the molecule is CCN(CC)C(=O)c1sc(-c2ccncc2)nc1C.